The Hall–Kier alpha value is -2.23. The summed E-state index contributed by atoms with van der Waals surface area (Å²) in [5, 5.41) is 3.31. The molecule has 0 aliphatic carbocycles. The van der Waals surface area contributed by atoms with Gasteiger partial charge in [-0.15, -0.1) is 0 Å². The number of anilines is 1. The third kappa shape index (κ3) is 3.61. The summed E-state index contributed by atoms with van der Waals surface area (Å²) in [4.78, 5) is 4.06. The van der Waals surface area contributed by atoms with Crippen molar-refractivity contribution in [1.82, 2.24) is 4.98 Å². The summed E-state index contributed by atoms with van der Waals surface area (Å²) in [7, 11) is 1.64. The highest BCUT2D eigenvalue weighted by Gasteiger charge is 2.05. The van der Waals surface area contributed by atoms with E-state index in [1.807, 2.05) is 37.3 Å². The molecular formula is C15H18N2O2. The fourth-order valence-electron chi connectivity index (χ4n) is 1.77. The highest BCUT2D eigenvalue weighted by atomic mass is 16.5. The summed E-state index contributed by atoms with van der Waals surface area (Å²) in [5.74, 6) is 1.53. The van der Waals surface area contributed by atoms with E-state index in [1.165, 1.54) is 0 Å². The minimum absolute atomic E-state index is 0.621. The van der Waals surface area contributed by atoms with Gasteiger partial charge < -0.3 is 14.8 Å². The van der Waals surface area contributed by atoms with Gasteiger partial charge in [0.25, 0.3) is 0 Å². The van der Waals surface area contributed by atoms with E-state index < -0.39 is 0 Å². The number of hydrogen-bond acceptors (Lipinski definition) is 4. The van der Waals surface area contributed by atoms with Crippen LogP contribution < -0.4 is 14.8 Å². The second-order valence-corrected chi connectivity index (χ2v) is 4.01. The van der Waals surface area contributed by atoms with Gasteiger partial charge in [-0.1, -0.05) is 6.07 Å². The average Bonchev–Trinajstić information content (AvgIpc) is 2.47. The molecule has 4 nitrogen and oxygen atoms in total. The maximum atomic E-state index is 5.56. The van der Waals surface area contributed by atoms with Crippen LogP contribution in [0.2, 0.25) is 0 Å². The Morgan fingerprint density at radius 1 is 1.21 bits per heavy atom. The van der Waals surface area contributed by atoms with Crippen molar-refractivity contribution in [3.63, 3.8) is 0 Å². The van der Waals surface area contributed by atoms with Crippen LogP contribution in [-0.2, 0) is 6.54 Å². The number of rotatable bonds is 6. The van der Waals surface area contributed by atoms with E-state index in [0.717, 1.165) is 29.3 Å². The number of aromatic nitrogens is 1. The predicted molar refractivity (Wildman–Crippen MR) is 75.7 cm³/mol. The van der Waals surface area contributed by atoms with Crippen molar-refractivity contribution in [2.75, 3.05) is 19.0 Å². The molecular weight excluding hydrogens is 240 g/mol. The van der Waals surface area contributed by atoms with E-state index in [0.29, 0.717) is 6.61 Å². The number of ether oxygens (including phenoxy) is 2. The molecule has 0 saturated carbocycles. The van der Waals surface area contributed by atoms with Gasteiger partial charge >= 0.3 is 0 Å². The molecule has 0 amide bonds. The van der Waals surface area contributed by atoms with Crippen LogP contribution in [0.3, 0.4) is 0 Å². The average molecular weight is 258 g/mol. The normalized spacial score (nSPS) is 10.0. The molecule has 0 aliphatic heterocycles. The van der Waals surface area contributed by atoms with E-state index in [4.69, 9.17) is 9.47 Å². The number of nitrogens with one attached hydrogen (secondary N) is 1. The number of methoxy groups -OCH3 is 1. The zero-order valence-corrected chi connectivity index (χ0v) is 11.2. The van der Waals surface area contributed by atoms with Crippen LogP contribution in [-0.4, -0.2) is 18.7 Å². The lowest BCUT2D eigenvalue weighted by molar-refractivity contribution is 0.310. The molecule has 1 N–H and O–H groups in total. The first-order valence-corrected chi connectivity index (χ1v) is 6.27. The lowest BCUT2D eigenvalue weighted by Crippen LogP contribution is -2.01. The van der Waals surface area contributed by atoms with Crippen molar-refractivity contribution in [1.29, 1.82) is 0 Å². The fraction of sp³-hybridized carbons (Fsp3) is 0.267. The molecule has 0 unspecified atom stereocenters. The Balaban J connectivity index is 2.06. The van der Waals surface area contributed by atoms with Crippen LogP contribution >= 0.6 is 0 Å². The highest BCUT2D eigenvalue weighted by molar-refractivity contribution is 5.45. The van der Waals surface area contributed by atoms with E-state index >= 15 is 0 Å². The van der Waals surface area contributed by atoms with Crippen LogP contribution in [0.1, 0.15) is 12.5 Å². The molecule has 0 atom stereocenters. The quantitative estimate of drug-likeness (QED) is 0.864. The number of hydrogen-bond donors (Lipinski definition) is 1. The lowest BCUT2D eigenvalue weighted by atomic mass is 10.2. The van der Waals surface area contributed by atoms with Crippen molar-refractivity contribution in [3.05, 3.63) is 48.3 Å². The van der Waals surface area contributed by atoms with Crippen molar-refractivity contribution >= 4 is 5.69 Å². The molecule has 2 rings (SSSR count). The molecule has 1 aromatic heterocycles. The summed E-state index contributed by atoms with van der Waals surface area (Å²) < 4.78 is 10.8. The van der Waals surface area contributed by atoms with Gasteiger partial charge in [0.1, 0.15) is 0 Å². The summed E-state index contributed by atoms with van der Waals surface area (Å²) in [6.07, 6.45) is 3.55. The van der Waals surface area contributed by atoms with Crippen molar-refractivity contribution in [2.45, 2.75) is 13.5 Å². The molecule has 19 heavy (non-hydrogen) atoms. The third-order valence-corrected chi connectivity index (χ3v) is 2.69. The molecule has 0 aliphatic rings. The van der Waals surface area contributed by atoms with Gasteiger partial charge in [0.15, 0.2) is 11.5 Å². The van der Waals surface area contributed by atoms with Gasteiger partial charge in [-0.05, 0) is 36.8 Å². The Bertz CT molecular complexity index is 515. The van der Waals surface area contributed by atoms with E-state index in [-0.39, 0.29) is 0 Å². The third-order valence-electron chi connectivity index (χ3n) is 2.69. The zero-order chi connectivity index (χ0) is 13.5. The van der Waals surface area contributed by atoms with Crippen LogP contribution in [0, 0.1) is 0 Å². The SMILES string of the molecule is CCOc1cc(CNc2cccnc2)ccc1OC. The Morgan fingerprint density at radius 3 is 2.79 bits per heavy atom. The monoisotopic (exact) mass is 258 g/mol. The van der Waals surface area contributed by atoms with Gasteiger partial charge in [0.2, 0.25) is 0 Å². The number of pyridine rings is 1. The van der Waals surface area contributed by atoms with Crippen molar-refractivity contribution in [2.24, 2.45) is 0 Å². The van der Waals surface area contributed by atoms with Crippen LogP contribution in [0.4, 0.5) is 5.69 Å². The molecule has 1 heterocycles. The van der Waals surface area contributed by atoms with Gasteiger partial charge in [-0.2, -0.15) is 0 Å². The molecule has 0 saturated heterocycles. The second kappa shape index (κ2) is 6.64. The first-order valence-electron chi connectivity index (χ1n) is 6.27. The first kappa shape index (κ1) is 13.2. The minimum Gasteiger partial charge on any atom is -0.493 e. The molecule has 0 spiro atoms. The van der Waals surface area contributed by atoms with Gasteiger partial charge in [-0.25, -0.2) is 0 Å². The van der Waals surface area contributed by atoms with Gasteiger partial charge in [0.05, 0.1) is 19.4 Å². The molecule has 100 valence electrons. The Morgan fingerprint density at radius 2 is 2.11 bits per heavy atom. The Labute approximate surface area is 113 Å². The maximum Gasteiger partial charge on any atom is 0.161 e. The van der Waals surface area contributed by atoms with Crippen molar-refractivity contribution < 1.29 is 9.47 Å². The number of benzene rings is 1. The molecule has 0 bridgehead atoms. The first-order chi connectivity index (χ1) is 9.33. The molecule has 2 aromatic rings. The second-order valence-electron chi connectivity index (χ2n) is 4.01. The van der Waals surface area contributed by atoms with Crippen LogP contribution in [0.15, 0.2) is 42.7 Å². The highest BCUT2D eigenvalue weighted by Crippen LogP contribution is 2.28. The molecule has 4 heteroatoms. The fourth-order valence-corrected chi connectivity index (χ4v) is 1.77. The maximum absolute atomic E-state index is 5.56. The van der Waals surface area contributed by atoms with Crippen LogP contribution in [0.25, 0.3) is 0 Å². The Kier molecular flexibility index (Phi) is 4.61. The summed E-state index contributed by atoms with van der Waals surface area (Å²) in [5.41, 5.74) is 2.13. The zero-order valence-electron chi connectivity index (χ0n) is 11.2. The van der Waals surface area contributed by atoms with Gasteiger partial charge in [0, 0.05) is 18.9 Å². The lowest BCUT2D eigenvalue weighted by Gasteiger charge is -2.12. The van der Waals surface area contributed by atoms with E-state index in [1.54, 1.807) is 19.5 Å². The smallest absolute Gasteiger partial charge is 0.161 e. The largest absolute Gasteiger partial charge is 0.493 e. The van der Waals surface area contributed by atoms with E-state index in [2.05, 4.69) is 10.3 Å². The molecule has 0 radical (unpaired) electrons. The van der Waals surface area contributed by atoms with E-state index in [9.17, 15) is 0 Å². The summed E-state index contributed by atoms with van der Waals surface area (Å²) in [6, 6.07) is 9.82. The van der Waals surface area contributed by atoms with Gasteiger partial charge in [-0.3, -0.25) is 4.98 Å². The van der Waals surface area contributed by atoms with Crippen molar-refractivity contribution in [3.8, 4) is 11.5 Å². The number of nitrogens with zero attached hydrogens (tertiary/aromatic N) is 1. The topological polar surface area (TPSA) is 43.4 Å². The van der Waals surface area contributed by atoms with Crippen LogP contribution in [0.5, 0.6) is 11.5 Å². The predicted octanol–water partition coefficient (Wildman–Crippen LogP) is 3.10. The summed E-state index contributed by atoms with van der Waals surface area (Å²) in [6.45, 7) is 3.30. The standard InChI is InChI=1S/C15H18N2O2/c1-3-19-15-9-12(6-7-14(15)18-2)10-17-13-5-4-8-16-11-13/h4-9,11,17H,3,10H2,1-2H3. The molecule has 1 aromatic carbocycles. The summed E-state index contributed by atoms with van der Waals surface area (Å²) >= 11 is 0. The minimum atomic E-state index is 0.621. The molecule has 0 fully saturated rings.